The summed E-state index contributed by atoms with van der Waals surface area (Å²) >= 11 is 0. The molecule has 1 amide bonds. The van der Waals surface area contributed by atoms with Crippen molar-refractivity contribution in [2.45, 2.75) is 13.8 Å². The van der Waals surface area contributed by atoms with Crippen molar-refractivity contribution in [1.29, 1.82) is 0 Å². The number of carbonyl (C=O) groups excluding carboxylic acids is 1. The minimum absolute atomic E-state index is 0.0272. The molecule has 6 heteroatoms. The monoisotopic (exact) mass is 362 g/mol. The minimum atomic E-state index is -0.118. The van der Waals surface area contributed by atoms with Crippen LogP contribution in [0.3, 0.4) is 0 Å². The van der Waals surface area contributed by atoms with Crippen molar-refractivity contribution in [2.24, 2.45) is 0 Å². The van der Waals surface area contributed by atoms with Gasteiger partial charge in [0.25, 0.3) is 5.91 Å². The topological polar surface area (TPSA) is 58.6 Å². The molecule has 1 aliphatic heterocycles. The van der Waals surface area contributed by atoms with Gasteiger partial charge in [-0.05, 0) is 49.2 Å². The molecule has 0 saturated carbocycles. The largest absolute Gasteiger partial charge is 0.484 e. The van der Waals surface area contributed by atoms with Gasteiger partial charge in [-0.25, -0.2) is 9.97 Å². The number of ether oxygens (including phenoxy) is 1. The van der Waals surface area contributed by atoms with Crippen LogP contribution < -0.4 is 14.5 Å². The molecule has 0 atom stereocenters. The van der Waals surface area contributed by atoms with Crippen molar-refractivity contribution in [3.63, 3.8) is 0 Å². The Bertz CT molecular complexity index is 998. The number of hydrogen-bond acceptors (Lipinski definition) is 5. The SMILES string of the molecule is Cc1cc(C)cc(OCC(=O)N2CCN(C)c3nc4ccccc4nc32)c1. The predicted octanol–water partition coefficient (Wildman–Crippen LogP) is 3.11. The van der Waals surface area contributed by atoms with E-state index in [-0.39, 0.29) is 12.5 Å². The number of fused-ring (bicyclic) bond motifs is 2. The lowest BCUT2D eigenvalue weighted by Crippen LogP contribution is -2.45. The third-order valence-electron chi connectivity index (χ3n) is 4.67. The zero-order valence-electron chi connectivity index (χ0n) is 15.8. The Morgan fingerprint density at radius 2 is 1.63 bits per heavy atom. The number of rotatable bonds is 3. The van der Waals surface area contributed by atoms with E-state index in [9.17, 15) is 4.79 Å². The van der Waals surface area contributed by atoms with E-state index in [1.54, 1.807) is 4.90 Å². The first-order valence-corrected chi connectivity index (χ1v) is 9.00. The maximum Gasteiger partial charge on any atom is 0.266 e. The van der Waals surface area contributed by atoms with Crippen LogP contribution in [0, 0.1) is 13.8 Å². The van der Waals surface area contributed by atoms with Gasteiger partial charge in [0.05, 0.1) is 11.0 Å². The van der Waals surface area contributed by atoms with Crippen molar-refractivity contribution >= 4 is 28.6 Å². The van der Waals surface area contributed by atoms with Gasteiger partial charge in [-0.1, -0.05) is 18.2 Å². The van der Waals surface area contributed by atoms with Crippen LogP contribution in [0.4, 0.5) is 11.6 Å². The van der Waals surface area contributed by atoms with Crippen molar-refractivity contribution in [2.75, 3.05) is 36.5 Å². The van der Waals surface area contributed by atoms with E-state index in [1.165, 1.54) is 0 Å². The van der Waals surface area contributed by atoms with E-state index < -0.39 is 0 Å². The smallest absolute Gasteiger partial charge is 0.266 e. The van der Waals surface area contributed by atoms with E-state index in [2.05, 4.69) is 6.07 Å². The lowest BCUT2D eigenvalue weighted by Gasteiger charge is -2.33. The molecule has 6 nitrogen and oxygen atoms in total. The molecule has 0 unspecified atom stereocenters. The van der Waals surface area contributed by atoms with Gasteiger partial charge in [0.1, 0.15) is 5.75 Å². The standard InChI is InChI=1S/C21H22N4O2/c1-14-10-15(2)12-16(11-14)27-13-19(26)25-9-8-24(3)20-21(25)23-18-7-5-4-6-17(18)22-20/h4-7,10-12H,8-9,13H2,1-3H3. The van der Waals surface area contributed by atoms with E-state index >= 15 is 0 Å². The second-order valence-corrected chi connectivity index (χ2v) is 6.94. The predicted molar refractivity (Wildman–Crippen MR) is 107 cm³/mol. The molecule has 138 valence electrons. The first-order valence-electron chi connectivity index (χ1n) is 9.00. The molecule has 0 spiro atoms. The highest BCUT2D eigenvalue weighted by molar-refractivity contribution is 5.98. The average Bonchev–Trinajstić information content (AvgIpc) is 2.64. The summed E-state index contributed by atoms with van der Waals surface area (Å²) in [6.45, 7) is 5.26. The fourth-order valence-corrected chi connectivity index (χ4v) is 3.36. The molecule has 3 aromatic rings. The Kier molecular flexibility index (Phi) is 4.39. The van der Waals surface area contributed by atoms with Crippen LogP contribution >= 0.6 is 0 Å². The summed E-state index contributed by atoms with van der Waals surface area (Å²) in [6, 6.07) is 13.6. The van der Waals surface area contributed by atoms with Crippen molar-refractivity contribution in [3.8, 4) is 5.75 Å². The molecule has 1 aliphatic rings. The first-order chi connectivity index (χ1) is 13.0. The Balaban J connectivity index is 1.60. The number of amides is 1. The summed E-state index contributed by atoms with van der Waals surface area (Å²) in [7, 11) is 1.97. The summed E-state index contributed by atoms with van der Waals surface area (Å²) < 4.78 is 5.76. The van der Waals surface area contributed by atoms with Crippen molar-refractivity contribution < 1.29 is 9.53 Å². The number of anilines is 2. The van der Waals surface area contributed by atoms with E-state index in [4.69, 9.17) is 14.7 Å². The third-order valence-corrected chi connectivity index (χ3v) is 4.67. The molecule has 0 bridgehead atoms. The molecule has 4 rings (SSSR count). The lowest BCUT2D eigenvalue weighted by atomic mass is 10.1. The van der Waals surface area contributed by atoms with Gasteiger partial charge in [-0.3, -0.25) is 9.69 Å². The molecule has 0 N–H and O–H groups in total. The van der Waals surface area contributed by atoms with Crippen LogP contribution in [-0.4, -0.2) is 42.6 Å². The number of aryl methyl sites for hydroxylation is 2. The minimum Gasteiger partial charge on any atom is -0.484 e. The van der Waals surface area contributed by atoms with Crippen LogP contribution in [-0.2, 0) is 4.79 Å². The Morgan fingerprint density at radius 1 is 1.00 bits per heavy atom. The summed E-state index contributed by atoms with van der Waals surface area (Å²) in [5.41, 5.74) is 3.82. The highest BCUT2D eigenvalue weighted by Gasteiger charge is 2.28. The molecule has 1 aromatic heterocycles. The molecule has 0 radical (unpaired) electrons. The fraction of sp³-hybridized carbons (Fsp3) is 0.286. The van der Waals surface area contributed by atoms with Crippen LogP contribution in [0.5, 0.6) is 5.75 Å². The van der Waals surface area contributed by atoms with Crippen LogP contribution in [0.25, 0.3) is 11.0 Å². The molecular weight excluding hydrogens is 340 g/mol. The van der Waals surface area contributed by atoms with E-state index in [1.807, 2.05) is 62.2 Å². The van der Waals surface area contributed by atoms with Gasteiger partial charge in [0.2, 0.25) is 0 Å². The molecule has 0 aliphatic carbocycles. The summed E-state index contributed by atoms with van der Waals surface area (Å²) in [5.74, 6) is 1.91. The van der Waals surface area contributed by atoms with Crippen molar-refractivity contribution in [3.05, 3.63) is 53.6 Å². The highest BCUT2D eigenvalue weighted by Crippen LogP contribution is 2.30. The number of para-hydroxylation sites is 2. The number of hydrogen-bond donors (Lipinski definition) is 0. The van der Waals surface area contributed by atoms with E-state index in [0.29, 0.717) is 24.7 Å². The van der Waals surface area contributed by atoms with Crippen LogP contribution in [0.2, 0.25) is 0 Å². The lowest BCUT2D eigenvalue weighted by molar-refractivity contribution is -0.120. The van der Waals surface area contributed by atoms with Gasteiger partial charge in [-0.2, -0.15) is 0 Å². The number of aromatic nitrogens is 2. The van der Waals surface area contributed by atoms with Crippen LogP contribution in [0.15, 0.2) is 42.5 Å². The van der Waals surface area contributed by atoms with Gasteiger partial charge < -0.3 is 9.64 Å². The molecular formula is C21H22N4O2. The summed E-state index contributed by atoms with van der Waals surface area (Å²) in [4.78, 5) is 26.0. The average molecular weight is 362 g/mol. The fourth-order valence-electron chi connectivity index (χ4n) is 3.36. The summed E-state index contributed by atoms with van der Waals surface area (Å²) in [5, 5.41) is 0. The number of nitrogens with zero attached hydrogens (tertiary/aromatic N) is 4. The Labute approximate surface area is 158 Å². The molecule has 0 saturated heterocycles. The number of likely N-dealkylation sites (N-methyl/N-ethyl adjacent to an activating group) is 1. The first kappa shape index (κ1) is 17.3. The maximum absolute atomic E-state index is 12.9. The van der Waals surface area contributed by atoms with Crippen molar-refractivity contribution in [1.82, 2.24) is 9.97 Å². The third kappa shape index (κ3) is 3.43. The summed E-state index contributed by atoms with van der Waals surface area (Å²) in [6.07, 6.45) is 0. The molecule has 2 aromatic carbocycles. The quantitative estimate of drug-likeness (QED) is 0.717. The number of benzene rings is 2. The molecule has 0 fully saturated rings. The zero-order chi connectivity index (χ0) is 19.0. The van der Waals surface area contributed by atoms with Gasteiger partial charge in [0.15, 0.2) is 18.2 Å². The normalized spacial score (nSPS) is 13.6. The Hall–Kier alpha value is -3.15. The Morgan fingerprint density at radius 3 is 2.30 bits per heavy atom. The van der Waals surface area contributed by atoms with Gasteiger partial charge in [-0.15, -0.1) is 0 Å². The highest BCUT2D eigenvalue weighted by atomic mass is 16.5. The number of carbonyl (C=O) groups is 1. The van der Waals surface area contributed by atoms with Crippen LogP contribution in [0.1, 0.15) is 11.1 Å². The maximum atomic E-state index is 12.9. The van der Waals surface area contributed by atoms with Gasteiger partial charge >= 0.3 is 0 Å². The molecule has 27 heavy (non-hydrogen) atoms. The van der Waals surface area contributed by atoms with Gasteiger partial charge in [0, 0.05) is 20.1 Å². The van der Waals surface area contributed by atoms with E-state index in [0.717, 1.165) is 28.0 Å². The molecule has 2 heterocycles. The second-order valence-electron chi connectivity index (χ2n) is 6.94. The zero-order valence-corrected chi connectivity index (χ0v) is 15.8. The second kappa shape index (κ2) is 6.87.